The van der Waals surface area contributed by atoms with Crippen molar-refractivity contribution < 1.29 is 14.4 Å². The quantitative estimate of drug-likeness (QED) is 0.495. The van der Waals surface area contributed by atoms with Gasteiger partial charge < -0.3 is 15.1 Å². The topological polar surface area (TPSA) is 69.7 Å². The van der Waals surface area contributed by atoms with Gasteiger partial charge in [-0.1, -0.05) is 70.6 Å². The van der Waals surface area contributed by atoms with Gasteiger partial charge in [-0.3, -0.25) is 14.4 Å². The number of carbonyl (C=O) groups excluding carboxylic acids is 3. The van der Waals surface area contributed by atoms with Gasteiger partial charge in [-0.25, -0.2) is 0 Å². The van der Waals surface area contributed by atoms with Gasteiger partial charge in [-0.15, -0.1) is 0 Å². The zero-order chi connectivity index (χ0) is 24.4. The second-order valence-electron chi connectivity index (χ2n) is 9.59. The SMILES string of the molecule is CCCCCCCC(=O)N1CCN(C(=O)[C@H](NC(=O)c2ccc(C)cc2)[C@H](C)CC)C[C@@H]1C. The van der Waals surface area contributed by atoms with Crippen molar-refractivity contribution in [2.45, 2.75) is 91.6 Å². The van der Waals surface area contributed by atoms with Crippen LogP contribution in [0.2, 0.25) is 0 Å². The minimum atomic E-state index is -0.572. The maximum atomic E-state index is 13.4. The number of unbranched alkanes of at least 4 members (excludes halogenated alkanes) is 4. The lowest BCUT2D eigenvalue weighted by molar-refractivity contribution is -0.144. The monoisotopic (exact) mass is 457 g/mol. The largest absolute Gasteiger partial charge is 0.340 e. The molecule has 1 aromatic carbocycles. The molecule has 1 fully saturated rings. The second-order valence-corrected chi connectivity index (χ2v) is 9.59. The van der Waals surface area contributed by atoms with Crippen molar-refractivity contribution in [3.63, 3.8) is 0 Å². The van der Waals surface area contributed by atoms with E-state index < -0.39 is 6.04 Å². The van der Waals surface area contributed by atoms with Gasteiger partial charge in [0, 0.05) is 37.7 Å². The van der Waals surface area contributed by atoms with E-state index in [4.69, 9.17) is 0 Å². The molecule has 1 aliphatic heterocycles. The van der Waals surface area contributed by atoms with Crippen molar-refractivity contribution in [3.8, 4) is 0 Å². The Balaban J connectivity index is 1.96. The molecule has 0 radical (unpaired) electrons. The summed E-state index contributed by atoms with van der Waals surface area (Å²) in [6, 6.07) is 6.79. The number of aryl methyl sites for hydroxylation is 1. The van der Waals surface area contributed by atoms with Crippen molar-refractivity contribution in [3.05, 3.63) is 35.4 Å². The van der Waals surface area contributed by atoms with Crippen LogP contribution in [0, 0.1) is 12.8 Å². The molecule has 0 unspecified atom stereocenters. The Hall–Kier alpha value is -2.37. The molecule has 0 aromatic heterocycles. The number of nitrogens with one attached hydrogen (secondary N) is 1. The number of carbonyl (C=O) groups is 3. The third-order valence-electron chi connectivity index (χ3n) is 6.83. The minimum Gasteiger partial charge on any atom is -0.340 e. The van der Waals surface area contributed by atoms with E-state index in [0.717, 1.165) is 24.8 Å². The first kappa shape index (κ1) is 26.9. The molecule has 1 saturated heterocycles. The molecule has 0 saturated carbocycles. The molecule has 0 spiro atoms. The van der Waals surface area contributed by atoms with Crippen molar-refractivity contribution in [1.82, 2.24) is 15.1 Å². The Morgan fingerprint density at radius 2 is 1.70 bits per heavy atom. The van der Waals surface area contributed by atoms with Gasteiger partial charge in [0.1, 0.15) is 6.04 Å². The molecule has 1 N–H and O–H groups in total. The van der Waals surface area contributed by atoms with Gasteiger partial charge in [-0.2, -0.15) is 0 Å². The average Bonchev–Trinajstić information content (AvgIpc) is 2.81. The number of hydrogen-bond acceptors (Lipinski definition) is 3. The fraction of sp³-hybridized carbons (Fsp3) is 0.667. The van der Waals surface area contributed by atoms with Crippen LogP contribution < -0.4 is 5.32 Å². The summed E-state index contributed by atoms with van der Waals surface area (Å²) in [5.41, 5.74) is 1.65. The normalized spacial score (nSPS) is 18.0. The maximum Gasteiger partial charge on any atom is 0.251 e. The molecular formula is C27H43N3O3. The highest BCUT2D eigenvalue weighted by Crippen LogP contribution is 2.18. The van der Waals surface area contributed by atoms with Crippen molar-refractivity contribution in [2.24, 2.45) is 5.92 Å². The Labute approximate surface area is 200 Å². The average molecular weight is 458 g/mol. The highest BCUT2D eigenvalue weighted by molar-refractivity contribution is 5.97. The van der Waals surface area contributed by atoms with Crippen molar-refractivity contribution >= 4 is 17.7 Å². The molecule has 1 aromatic rings. The van der Waals surface area contributed by atoms with E-state index in [1.807, 2.05) is 49.6 Å². The Morgan fingerprint density at radius 1 is 1.03 bits per heavy atom. The number of amides is 3. The number of nitrogens with zero attached hydrogens (tertiary/aromatic N) is 2. The minimum absolute atomic E-state index is 0.0174. The van der Waals surface area contributed by atoms with E-state index in [9.17, 15) is 14.4 Å². The summed E-state index contributed by atoms with van der Waals surface area (Å²) >= 11 is 0. The van der Waals surface area contributed by atoms with Crippen LogP contribution in [0.25, 0.3) is 0 Å². The number of benzene rings is 1. The Bertz CT molecular complexity index is 777. The molecule has 33 heavy (non-hydrogen) atoms. The highest BCUT2D eigenvalue weighted by atomic mass is 16.2. The van der Waals surface area contributed by atoms with Crippen LogP contribution in [0.5, 0.6) is 0 Å². The molecular weight excluding hydrogens is 414 g/mol. The van der Waals surface area contributed by atoms with E-state index in [1.54, 1.807) is 12.1 Å². The lowest BCUT2D eigenvalue weighted by Gasteiger charge is -2.41. The molecule has 0 bridgehead atoms. The van der Waals surface area contributed by atoms with Gasteiger partial charge >= 0.3 is 0 Å². The Kier molecular flexibility index (Phi) is 10.9. The van der Waals surface area contributed by atoms with Gasteiger partial charge in [0.25, 0.3) is 5.91 Å². The van der Waals surface area contributed by atoms with Crippen LogP contribution in [0.15, 0.2) is 24.3 Å². The maximum absolute atomic E-state index is 13.4. The van der Waals surface area contributed by atoms with Gasteiger partial charge in [-0.05, 0) is 38.3 Å². The third-order valence-corrected chi connectivity index (χ3v) is 6.83. The summed E-state index contributed by atoms with van der Waals surface area (Å²) in [7, 11) is 0. The summed E-state index contributed by atoms with van der Waals surface area (Å²) in [6.45, 7) is 11.8. The van der Waals surface area contributed by atoms with E-state index >= 15 is 0 Å². The van der Waals surface area contributed by atoms with E-state index in [0.29, 0.717) is 31.6 Å². The van der Waals surface area contributed by atoms with Crippen LogP contribution in [-0.2, 0) is 9.59 Å². The van der Waals surface area contributed by atoms with Crippen LogP contribution in [-0.4, -0.2) is 59.2 Å². The smallest absolute Gasteiger partial charge is 0.251 e. The molecule has 6 nitrogen and oxygen atoms in total. The zero-order valence-corrected chi connectivity index (χ0v) is 21.2. The fourth-order valence-corrected chi connectivity index (χ4v) is 4.36. The third kappa shape index (κ3) is 7.86. The summed E-state index contributed by atoms with van der Waals surface area (Å²) in [4.78, 5) is 42.7. The van der Waals surface area contributed by atoms with Gasteiger partial charge in [0.2, 0.25) is 11.8 Å². The van der Waals surface area contributed by atoms with Crippen LogP contribution in [0.3, 0.4) is 0 Å². The second kappa shape index (κ2) is 13.4. The summed E-state index contributed by atoms with van der Waals surface area (Å²) in [5.74, 6) is -0.0656. The molecule has 1 heterocycles. The lowest BCUT2D eigenvalue weighted by atomic mass is 9.96. The number of rotatable bonds is 11. The molecule has 3 amide bonds. The van der Waals surface area contributed by atoms with E-state index in [-0.39, 0.29) is 29.7 Å². The molecule has 6 heteroatoms. The van der Waals surface area contributed by atoms with Gasteiger partial charge in [0.15, 0.2) is 0 Å². The molecule has 3 atom stereocenters. The molecule has 0 aliphatic carbocycles. The summed E-state index contributed by atoms with van der Waals surface area (Å²) in [6.07, 6.45) is 7.02. The predicted octanol–water partition coefficient (Wildman–Crippen LogP) is 4.56. The van der Waals surface area contributed by atoms with E-state index in [2.05, 4.69) is 12.2 Å². The summed E-state index contributed by atoms with van der Waals surface area (Å²) < 4.78 is 0. The first-order chi connectivity index (χ1) is 15.8. The first-order valence-electron chi connectivity index (χ1n) is 12.7. The lowest BCUT2D eigenvalue weighted by Crippen LogP contribution is -2.60. The molecule has 1 aliphatic rings. The molecule has 2 rings (SSSR count). The van der Waals surface area contributed by atoms with Crippen molar-refractivity contribution in [2.75, 3.05) is 19.6 Å². The Morgan fingerprint density at radius 3 is 2.30 bits per heavy atom. The number of piperazine rings is 1. The zero-order valence-electron chi connectivity index (χ0n) is 21.2. The van der Waals surface area contributed by atoms with Crippen LogP contribution >= 0.6 is 0 Å². The highest BCUT2D eigenvalue weighted by Gasteiger charge is 2.35. The van der Waals surface area contributed by atoms with Crippen LogP contribution in [0.4, 0.5) is 0 Å². The summed E-state index contributed by atoms with van der Waals surface area (Å²) in [5, 5.41) is 2.98. The van der Waals surface area contributed by atoms with E-state index in [1.165, 1.54) is 19.3 Å². The van der Waals surface area contributed by atoms with Crippen molar-refractivity contribution in [1.29, 1.82) is 0 Å². The number of hydrogen-bond donors (Lipinski definition) is 1. The fourth-order valence-electron chi connectivity index (χ4n) is 4.36. The van der Waals surface area contributed by atoms with Gasteiger partial charge in [0.05, 0.1) is 0 Å². The predicted molar refractivity (Wildman–Crippen MR) is 133 cm³/mol. The molecule has 184 valence electrons. The van der Waals surface area contributed by atoms with Crippen LogP contribution in [0.1, 0.15) is 88.6 Å². The standard InChI is InChI=1S/C27H43N3O3/c1-6-8-9-10-11-12-24(31)30-18-17-29(19-22(30)5)27(33)25(21(4)7-2)28-26(32)23-15-13-20(3)14-16-23/h13-16,21-22,25H,6-12,17-19H2,1-5H3,(H,28,32)/t21-,22+,25-/m1/s1. The first-order valence-corrected chi connectivity index (χ1v) is 12.7.